The molecule has 0 spiro atoms. The van der Waals surface area contributed by atoms with Crippen LogP contribution in [0, 0.1) is 6.92 Å². The number of aromatic nitrogens is 2. The van der Waals surface area contributed by atoms with E-state index >= 15 is 0 Å². The molecule has 0 amide bonds. The van der Waals surface area contributed by atoms with Crippen LogP contribution in [-0.4, -0.2) is 14.4 Å². The van der Waals surface area contributed by atoms with Crippen LogP contribution in [0.4, 0.5) is 0 Å². The Bertz CT molecular complexity index is 859. The molecule has 1 N–H and O–H groups in total. The van der Waals surface area contributed by atoms with Gasteiger partial charge in [0.2, 0.25) is 0 Å². The Balaban J connectivity index is 2.29. The predicted octanol–water partition coefficient (Wildman–Crippen LogP) is 2.42. The van der Waals surface area contributed by atoms with Crippen molar-refractivity contribution in [2.75, 3.05) is 0 Å². The minimum Gasteiger partial charge on any atom is -0.384 e. The fourth-order valence-corrected chi connectivity index (χ4v) is 2.61. The van der Waals surface area contributed by atoms with Gasteiger partial charge in [0, 0.05) is 0 Å². The molecule has 5 heteroatoms. The van der Waals surface area contributed by atoms with Gasteiger partial charge in [-0.3, -0.25) is 9.13 Å². The largest absolute Gasteiger partial charge is 0.384 e. The zero-order valence-electron chi connectivity index (χ0n) is 11.5. The smallest absolute Gasteiger partial charge is 0.264 e. The molecule has 1 heterocycles. The molecule has 106 valence electrons. The van der Waals surface area contributed by atoms with Crippen LogP contribution in [0.5, 0.6) is 0 Å². The normalized spacial score (nSPS) is 12.5. The first-order valence-electron chi connectivity index (χ1n) is 6.60. The van der Waals surface area contributed by atoms with E-state index in [1.807, 2.05) is 36.4 Å². The molecular weight excluding hydrogens is 283 g/mol. The van der Waals surface area contributed by atoms with E-state index in [-0.39, 0.29) is 5.56 Å². The van der Waals surface area contributed by atoms with Crippen LogP contribution < -0.4 is 5.56 Å². The maximum Gasteiger partial charge on any atom is 0.264 e. The maximum absolute atomic E-state index is 12.5. The lowest BCUT2D eigenvalue weighted by Gasteiger charge is -2.14. The minimum atomic E-state index is -0.850. The lowest BCUT2D eigenvalue weighted by molar-refractivity contribution is 0.222. The highest BCUT2D eigenvalue weighted by Crippen LogP contribution is 2.26. The zero-order chi connectivity index (χ0) is 15.0. The fraction of sp³-hybridized carbons (Fsp3) is 0.125. The van der Waals surface area contributed by atoms with E-state index in [1.165, 1.54) is 4.34 Å². The molecule has 0 radical (unpaired) electrons. The van der Waals surface area contributed by atoms with E-state index in [4.69, 9.17) is 0 Å². The average Bonchev–Trinajstić information content (AvgIpc) is 2.52. The van der Waals surface area contributed by atoms with Gasteiger partial charge in [0.25, 0.3) is 5.56 Å². The first kappa shape index (κ1) is 13.9. The second-order valence-electron chi connectivity index (χ2n) is 4.89. The van der Waals surface area contributed by atoms with Gasteiger partial charge in [0.1, 0.15) is 11.9 Å². The summed E-state index contributed by atoms with van der Waals surface area (Å²) in [4.78, 5) is 16.9. The Labute approximate surface area is 124 Å². The number of aliphatic hydroxyl groups is 1. The number of aliphatic hydroxyl groups excluding tert-OH is 1. The maximum atomic E-state index is 12.5. The summed E-state index contributed by atoms with van der Waals surface area (Å²) in [6.07, 6.45) is -0.850. The number of hydrogen-bond acceptors (Lipinski definition) is 3. The van der Waals surface area contributed by atoms with Crippen LogP contribution in [0.1, 0.15) is 23.1 Å². The molecule has 2 aromatic carbocycles. The van der Waals surface area contributed by atoms with Gasteiger partial charge in [-0.2, -0.15) is 0 Å². The molecule has 2 atom stereocenters. The highest BCUT2D eigenvalue weighted by Gasteiger charge is 2.17. The van der Waals surface area contributed by atoms with Crippen molar-refractivity contribution in [2.24, 2.45) is 0 Å². The molecule has 0 aliphatic rings. The Morgan fingerprint density at radius 3 is 2.57 bits per heavy atom. The zero-order valence-corrected chi connectivity index (χ0v) is 12.7. The SMILES string of the molecule is Cc1nc2cccc(C(O)c3ccccc3)c2c(=O)n1P. The molecule has 0 saturated carbocycles. The van der Waals surface area contributed by atoms with Gasteiger partial charge < -0.3 is 5.11 Å². The summed E-state index contributed by atoms with van der Waals surface area (Å²) in [7, 11) is 2.36. The van der Waals surface area contributed by atoms with Crippen molar-refractivity contribution in [3.05, 3.63) is 75.8 Å². The van der Waals surface area contributed by atoms with Crippen molar-refractivity contribution in [1.82, 2.24) is 9.32 Å². The first-order chi connectivity index (χ1) is 10.1. The van der Waals surface area contributed by atoms with Crippen LogP contribution >= 0.6 is 9.39 Å². The Kier molecular flexibility index (Phi) is 3.58. The first-order valence-corrected chi connectivity index (χ1v) is 7.11. The molecule has 0 bridgehead atoms. The number of aryl methyl sites for hydroxylation is 1. The summed E-state index contributed by atoms with van der Waals surface area (Å²) < 4.78 is 1.42. The van der Waals surface area contributed by atoms with Crippen LogP contribution in [0.3, 0.4) is 0 Å². The lowest BCUT2D eigenvalue weighted by Crippen LogP contribution is -2.19. The molecule has 3 rings (SSSR count). The Hall–Kier alpha value is -2.03. The highest BCUT2D eigenvalue weighted by molar-refractivity contribution is 7.14. The number of nitrogens with zero attached hydrogens (tertiary/aromatic N) is 2. The quantitative estimate of drug-likeness (QED) is 0.739. The van der Waals surface area contributed by atoms with E-state index in [9.17, 15) is 9.90 Å². The van der Waals surface area contributed by atoms with Gasteiger partial charge in [-0.25, -0.2) is 4.98 Å². The summed E-state index contributed by atoms with van der Waals surface area (Å²) in [5.74, 6) is 0.615. The van der Waals surface area contributed by atoms with Gasteiger partial charge >= 0.3 is 0 Å². The summed E-state index contributed by atoms with van der Waals surface area (Å²) in [6.45, 7) is 1.77. The number of rotatable bonds is 2. The number of hydrogen-bond donors (Lipinski definition) is 1. The highest BCUT2D eigenvalue weighted by atomic mass is 31.0. The van der Waals surface area contributed by atoms with Crippen molar-refractivity contribution in [3.8, 4) is 0 Å². The third-order valence-corrected chi connectivity index (χ3v) is 4.16. The molecule has 0 fully saturated rings. The molecule has 0 saturated heterocycles. The number of fused-ring (bicyclic) bond motifs is 1. The monoisotopic (exact) mass is 298 g/mol. The van der Waals surface area contributed by atoms with Gasteiger partial charge in [0.05, 0.1) is 10.9 Å². The summed E-state index contributed by atoms with van der Waals surface area (Å²) >= 11 is 0. The molecule has 21 heavy (non-hydrogen) atoms. The minimum absolute atomic E-state index is 0.173. The van der Waals surface area contributed by atoms with E-state index in [2.05, 4.69) is 14.4 Å². The molecule has 2 unspecified atom stereocenters. The van der Waals surface area contributed by atoms with Gasteiger partial charge in [-0.15, -0.1) is 0 Å². The van der Waals surface area contributed by atoms with E-state index in [0.29, 0.717) is 22.3 Å². The molecule has 4 nitrogen and oxygen atoms in total. The van der Waals surface area contributed by atoms with Crippen molar-refractivity contribution in [2.45, 2.75) is 13.0 Å². The summed E-state index contributed by atoms with van der Waals surface area (Å²) in [6, 6.07) is 14.6. The summed E-state index contributed by atoms with van der Waals surface area (Å²) in [5, 5.41) is 11.0. The van der Waals surface area contributed by atoms with Crippen LogP contribution in [0.15, 0.2) is 53.3 Å². The van der Waals surface area contributed by atoms with Crippen molar-refractivity contribution in [1.29, 1.82) is 0 Å². The molecule has 0 aliphatic heterocycles. The third-order valence-electron chi connectivity index (χ3n) is 3.55. The number of benzene rings is 2. The molecule has 3 aromatic rings. The van der Waals surface area contributed by atoms with E-state index in [1.54, 1.807) is 19.1 Å². The molecule has 1 aromatic heterocycles. The lowest BCUT2D eigenvalue weighted by atomic mass is 9.98. The molecule has 0 aliphatic carbocycles. The second kappa shape index (κ2) is 5.40. The topological polar surface area (TPSA) is 55.1 Å². The van der Waals surface area contributed by atoms with Crippen molar-refractivity contribution < 1.29 is 5.11 Å². The van der Waals surface area contributed by atoms with Gasteiger partial charge in [-0.05, 0) is 33.5 Å². The van der Waals surface area contributed by atoms with Crippen molar-refractivity contribution in [3.63, 3.8) is 0 Å². The van der Waals surface area contributed by atoms with E-state index in [0.717, 1.165) is 5.56 Å². The van der Waals surface area contributed by atoms with Crippen LogP contribution in [0.2, 0.25) is 0 Å². The second-order valence-corrected chi connectivity index (χ2v) is 5.41. The van der Waals surface area contributed by atoms with Crippen molar-refractivity contribution >= 4 is 20.3 Å². The molecular formula is C16H15N2O2P. The Morgan fingerprint density at radius 2 is 1.86 bits per heavy atom. The van der Waals surface area contributed by atoms with Crippen LogP contribution in [0.25, 0.3) is 10.9 Å². The predicted molar refractivity (Wildman–Crippen MR) is 86.4 cm³/mol. The standard InChI is InChI=1S/C16H15N2O2P/c1-10-17-13-9-5-8-12(14(13)16(20)18(10)21)15(19)11-6-3-2-4-7-11/h2-9,15,19H,21H2,1H3. The fourth-order valence-electron chi connectivity index (χ4n) is 2.42. The summed E-state index contributed by atoms with van der Waals surface area (Å²) in [5.41, 5.74) is 1.75. The van der Waals surface area contributed by atoms with Gasteiger partial charge in [-0.1, -0.05) is 42.5 Å². The van der Waals surface area contributed by atoms with E-state index < -0.39 is 6.10 Å². The van der Waals surface area contributed by atoms with Crippen LogP contribution in [-0.2, 0) is 0 Å². The average molecular weight is 298 g/mol. The third kappa shape index (κ3) is 2.37. The Morgan fingerprint density at radius 1 is 1.14 bits per heavy atom. The van der Waals surface area contributed by atoms with Gasteiger partial charge in [0.15, 0.2) is 0 Å².